The first-order valence-electron chi connectivity index (χ1n) is 16.2. The van der Waals surface area contributed by atoms with Gasteiger partial charge in [0.2, 0.25) is 5.95 Å². The number of hydrogen-bond donors (Lipinski definition) is 0. The maximum Gasteiger partial charge on any atom is 0.410 e. The van der Waals surface area contributed by atoms with Crippen LogP contribution in [0.25, 0.3) is 33.1 Å². The first-order chi connectivity index (χ1) is 21.6. The van der Waals surface area contributed by atoms with E-state index in [1.807, 2.05) is 61.5 Å². The number of aromatic nitrogens is 5. The molecule has 13 heteroatoms. The molecule has 1 aromatic carbocycles. The molecule has 2 atom stereocenters. The van der Waals surface area contributed by atoms with Crippen LogP contribution in [0.2, 0.25) is 30.7 Å². The van der Waals surface area contributed by atoms with Gasteiger partial charge in [-0.15, -0.1) is 0 Å². The summed E-state index contributed by atoms with van der Waals surface area (Å²) in [7, 11) is 0.491. The molecule has 1 amide bonds. The van der Waals surface area contributed by atoms with Crippen LogP contribution < -0.4 is 10.5 Å². The van der Waals surface area contributed by atoms with Gasteiger partial charge in [0.05, 0.1) is 15.9 Å². The molecule has 0 spiro atoms. The molecule has 3 aromatic heterocycles. The summed E-state index contributed by atoms with van der Waals surface area (Å²) in [4.78, 5) is 36.4. The number of halogens is 1. The van der Waals surface area contributed by atoms with Crippen LogP contribution in [0.1, 0.15) is 34.1 Å². The third-order valence-electron chi connectivity index (χ3n) is 8.91. The van der Waals surface area contributed by atoms with Crippen molar-refractivity contribution in [3.8, 4) is 11.1 Å². The zero-order chi connectivity index (χ0) is 33.1. The lowest BCUT2D eigenvalue weighted by Gasteiger charge is -2.34. The van der Waals surface area contributed by atoms with Crippen molar-refractivity contribution in [2.45, 2.75) is 84.7 Å². The lowest BCUT2D eigenvalue weighted by atomic mass is 10.0. The molecule has 0 aliphatic carbocycles. The number of anilines is 1. The van der Waals surface area contributed by atoms with E-state index in [4.69, 9.17) is 26.1 Å². The number of hydrogen-bond acceptors (Lipinski definition) is 7. The standard InChI is InChI=1S/C33H46ClN7O4Si/c1-9-40-19-25-26(36-40)11-10-23(28(25)34)24-18-39(20-44-12-13-46(6,7)8)29-27(24)30(42)37(5)31(35-29)41-16-21-14-22(41)17-38(15-21)32(43)45-33(2,3)4/h10-11,18-19,21-22H,9,12-17,20H2,1-8H3. The number of benzene rings is 1. The second-order valence-corrected chi connectivity index (χ2v) is 21.0. The Bertz CT molecular complexity index is 1850. The van der Waals surface area contributed by atoms with Crippen molar-refractivity contribution in [3.63, 3.8) is 0 Å². The van der Waals surface area contributed by atoms with Gasteiger partial charge in [0.15, 0.2) is 5.65 Å². The number of nitrogens with zero attached hydrogens (tertiary/aromatic N) is 7. The third-order valence-corrected chi connectivity index (χ3v) is 11.0. The van der Waals surface area contributed by atoms with Crippen LogP contribution in [0, 0.1) is 5.92 Å². The zero-order valence-electron chi connectivity index (χ0n) is 28.3. The van der Waals surface area contributed by atoms with Gasteiger partial charge in [-0.25, -0.2) is 4.79 Å². The molecule has 2 fully saturated rings. The number of rotatable bonds is 8. The van der Waals surface area contributed by atoms with Crippen molar-refractivity contribution >= 4 is 53.7 Å². The van der Waals surface area contributed by atoms with Crippen molar-refractivity contribution in [3.05, 3.63) is 39.9 Å². The summed E-state index contributed by atoms with van der Waals surface area (Å²) in [5.41, 5.74) is 2.13. The van der Waals surface area contributed by atoms with Crippen LogP contribution in [0.5, 0.6) is 0 Å². The van der Waals surface area contributed by atoms with Crippen molar-refractivity contribution in [2.24, 2.45) is 13.0 Å². The van der Waals surface area contributed by atoms with Crippen LogP contribution in [0.15, 0.2) is 29.3 Å². The number of carbonyl (C=O) groups excluding carboxylic acids is 1. The smallest absolute Gasteiger partial charge is 0.410 e. The highest BCUT2D eigenvalue weighted by atomic mass is 35.5. The lowest BCUT2D eigenvalue weighted by Crippen LogP contribution is -2.47. The second kappa shape index (κ2) is 12.0. The average molecular weight is 668 g/mol. The Labute approximate surface area is 276 Å². The Balaban J connectivity index is 1.41. The molecule has 248 valence electrons. The van der Waals surface area contributed by atoms with Crippen molar-refractivity contribution in [1.82, 2.24) is 28.8 Å². The molecule has 0 radical (unpaired) electrons. The van der Waals surface area contributed by atoms with Crippen LogP contribution in [0.4, 0.5) is 10.7 Å². The number of piperidine rings is 1. The summed E-state index contributed by atoms with van der Waals surface area (Å²) < 4.78 is 17.3. The first-order valence-corrected chi connectivity index (χ1v) is 20.3. The Morgan fingerprint density at radius 1 is 1.11 bits per heavy atom. The minimum Gasteiger partial charge on any atom is -0.444 e. The average Bonchev–Trinajstić information content (AvgIpc) is 3.65. The van der Waals surface area contributed by atoms with E-state index >= 15 is 0 Å². The van der Waals surface area contributed by atoms with E-state index in [2.05, 4.69) is 29.6 Å². The van der Waals surface area contributed by atoms with Gasteiger partial charge < -0.3 is 23.8 Å². The maximum absolute atomic E-state index is 14.3. The molecule has 2 bridgehead atoms. The molecule has 11 nitrogen and oxygen atoms in total. The number of amides is 1. The molecule has 2 aliphatic heterocycles. The second-order valence-electron chi connectivity index (χ2n) is 15.0. The fourth-order valence-corrected chi connectivity index (χ4v) is 7.63. The minimum atomic E-state index is -1.29. The molecule has 4 aromatic rings. The number of carbonyl (C=O) groups is 1. The largest absolute Gasteiger partial charge is 0.444 e. The van der Waals surface area contributed by atoms with Gasteiger partial charge in [-0.1, -0.05) is 37.3 Å². The number of likely N-dealkylation sites (tertiary alicyclic amines) is 1. The summed E-state index contributed by atoms with van der Waals surface area (Å²) in [6, 6.07) is 4.95. The van der Waals surface area contributed by atoms with Crippen molar-refractivity contribution < 1.29 is 14.3 Å². The van der Waals surface area contributed by atoms with Crippen LogP contribution in [0.3, 0.4) is 0 Å². The van der Waals surface area contributed by atoms with E-state index in [1.165, 1.54) is 0 Å². The van der Waals surface area contributed by atoms with Crippen molar-refractivity contribution in [2.75, 3.05) is 31.1 Å². The number of aryl methyl sites for hydroxylation is 1. The van der Waals surface area contributed by atoms with Crippen LogP contribution in [-0.2, 0) is 29.8 Å². The maximum atomic E-state index is 14.3. The van der Waals surface area contributed by atoms with E-state index in [0.29, 0.717) is 48.2 Å². The fourth-order valence-electron chi connectivity index (χ4n) is 6.56. The number of fused-ring (bicyclic) bond motifs is 4. The molecule has 0 N–H and O–H groups in total. The van der Waals surface area contributed by atoms with Crippen molar-refractivity contribution in [1.29, 1.82) is 0 Å². The predicted octanol–water partition coefficient (Wildman–Crippen LogP) is 6.18. The van der Waals surface area contributed by atoms with Crippen LogP contribution in [-0.4, -0.2) is 80.8 Å². The highest BCUT2D eigenvalue weighted by Crippen LogP contribution is 2.39. The molecular weight excluding hydrogens is 622 g/mol. The Morgan fingerprint density at radius 3 is 2.57 bits per heavy atom. The monoisotopic (exact) mass is 667 g/mol. The van der Waals surface area contributed by atoms with Gasteiger partial charge in [-0.05, 0) is 52.1 Å². The van der Waals surface area contributed by atoms with Gasteiger partial charge in [-0.2, -0.15) is 10.1 Å². The molecule has 2 unspecified atom stereocenters. The molecule has 5 heterocycles. The Kier molecular flexibility index (Phi) is 8.52. The Hall–Kier alpha value is -3.35. The predicted molar refractivity (Wildman–Crippen MR) is 186 cm³/mol. The SMILES string of the molecule is CCn1cc2c(Cl)c(-c3cn(COCC[Si](C)(C)C)c4nc(N5CC6CC5CN(C(=O)OC(C)(C)C)C6)n(C)c(=O)c34)ccc2n1. The molecule has 2 aliphatic rings. The Morgan fingerprint density at radius 2 is 1.87 bits per heavy atom. The first kappa shape index (κ1) is 32.6. The third kappa shape index (κ3) is 6.31. The van der Waals surface area contributed by atoms with Gasteiger partial charge in [0, 0.05) is 82.9 Å². The van der Waals surface area contributed by atoms with E-state index in [1.54, 1.807) is 16.5 Å². The van der Waals surface area contributed by atoms with Gasteiger partial charge in [0.1, 0.15) is 12.3 Å². The summed E-state index contributed by atoms with van der Waals surface area (Å²) in [5.74, 6) is 0.857. The van der Waals surface area contributed by atoms with Gasteiger partial charge in [-0.3, -0.25) is 14.0 Å². The molecule has 2 saturated heterocycles. The lowest BCUT2D eigenvalue weighted by molar-refractivity contribution is 0.0185. The molecule has 0 saturated carbocycles. The molecule has 46 heavy (non-hydrogen) atoms. The quantitative estimate of drug-likeness (QED) is 0.163. The summed E-state index contributed by atoms with van der Waals surface area (Å²) in [5, 5.41) is 6.50. The summed E-state index contributed by atoms with van der Waals surface area (Å²) in [6.07, 6.45) is 4.52. The van der Waals surface area contributed by atoms with E-state index in [0.717, 1.165) is 41.0 Å². The highest BCUT2D eigenvalue weighted by Gasteiger charge is 2.43. The number of ether oxygens (including phenoxy) is 2. The zero-order valence-corrected chi connectivity index (χ0v) is 30.0. The highest BCUT2D eigenvalue weighted by molar-refractivity contribution is 6.76. The fraction of sp³-hybridized carbons (Fsp3) is 0.576. The van der Waals surface area contributed by atoms with E-state index in [-0.39, 0.29) is 30.3 Å². The minimum absolute atomic E-state index is 0.0321. The van der Waals surface area contributed by atoms with Gasteiger partial charge in [0.25, 0.3) is 5.56 Å². The van der Waals surface area contributed by atoms with E-state index in [9.17, 15) is 9.59 Å². The summed E-state index contributed by atoms with van der Waals surface area (Å²) in [6.45, 7) is 18.2. The molecular formula is C33H46ClN7O4Si. The van der Waals surface area contributed by atoms with Crippen LogP contribution >= 0.6 is 11.6 Å². The topological polar surface area (TPSA) is 99.6 Å². The summed E-state index contributed by atoms with van der Waals surface area (Å²) >= 11 is 7.03. The van der Waals surface area contributed by atoms with E-state index < -0.39 is 13.7 Å². The normalized spacial score (nSPS) is 18.7. The van der Waals surface area contributed by atoms with Gasteiger partial charge >= 0.3 is 6.09 Å². The molecule has 6 rings (SSSR count).